The molecule has 0 radical (unpaired) electrons. The van der Waals surface area contributed by atoms with E-state index in [1.165, 1.54) is 0 Å². The van der Waals surface area contributed by atoms with Crippen LogP contribution in [0.4, 0.5) is 15.3 Å². The zero-order valence-corrected chi connectivity index (χ0v) is 25.1. The van der Waals surface area contributed by atoms with Crippen LogP contribution in [0.1, 0.15) is 51.7 Å². The number of benzene rings is 2. The van der Waals surface area contributed by atoms with E-state index in [4.69, 9.17) is 14.2 Å². The van der Waals surface area contributed by atoms with Gasteiger partial charge in [-0.05, 0) is 63.8 Å². The van der Waals surface area contributed by atoms with Crippen molar-refractivity contribution >= 4 is 29.7 Å². The Balaban J connectivity index is 1.64. The highest BCUT2D eigenvalue weighted by Crippen LogP contribution is 2.33. The number of para-hydroxylation sites is 1. The lowest BCUT2D eigenvalue weighted by atomic mass is 9.78. The zero-order chi connectivity index (χ0) is 30.8. The van der Waals surface area contributed by atoms with Gasteiger partial charge in [-0.2, -0.15) is 0 Å². The van der Waals surface area contributed by atoms with Gasteiger partial charge in [0.1, 0.15) is 24.5 Å². The molecule has 11 heteroatoms. The van der Waals surface area contributed by atoms with Crippen molar-refractivity contribution in [2.75, 3.05) is 38.7 Å². The molecule has 1 aliphatic heterocycles. The smallest absolute Gasteiger partial charge is 0.411 e. The van der Waals surface area contributed by atoms with Crippen LogP contribution in [0.25, 0.3) is 0 Å². The number of nitrogens with one attached hydrogen (secondary N) is 3. The predicted molar refractivity (Wildman–Crippen MR) is 158 cm³/mol. The number of ether oxygens (including phenoxy) is 3. The van der Waals surface area contributed by atoms with E-state index in [2.05, 4.69) is 16.0 Å². The van der Waals surface area contributed by atoms with Crippen molar-refractivity contribution in [3.63, 3.8) is 0 Å². The molecule has 228 valence electrons. The van der Waals surface area contributed by atoms with E-state index in [0.717, 1.165) is 17.5 Å². The second-order valence-electron chi connectivity index (χ2n) is 11.3. The fraction of sp³-hybridized carbons (Fsp3) is 0.484. The number of hydrogen-bond donors (Lipinski definition) is 3. The van der Waals surface area contributed by atoms with E-state index in [-0.39, 0.29) is 57.4 Å². The van der Waals surface area contributed by atoms with Crippen LogP contribution in [-0.4, -0.2) is 67.9 Å². The molecule has 1 fully saturated rings. The van der Waals surface area contributed by atoms with Crippen molar-refractivity contribution in [3.05, 3.63) is 59.7 Å². The third-order valence-electron chi connectivity index (χ3n) is 7.06. The molecule has 42 heavy (non-hydrogen) atoms. The molecule has 0 unspecified atom stereocenters. The van der Waals surface area contributed by atoms with Gasteiger partial charge in [-0.25, -0.2) is 9.59 Å². The lowest BCUT2D eigenvalue weighted by Crippen LogP contribution is -2.53. The average molecular weight is 583 g/mol. The van der Waals surface area contributed by atoms with E-state index in [9.17, 15) is 19.2 Å². The number of likely N-dealkylation sites (tertiary alicyclic amines) is 1. The topological polar surface area (TPSA) is 135 Å². The number of hydrogen-bond acceptors (Lipinski definition) is 7. The minimum atomic E-state index is -1.05. The molecule has 0 atom stereocenters. The molecule has 2 aromatic carbocycles. The molecule has 0 saturated carbocycles. The van der Waals surface area contributed by atoms with Crippen LogP contribution in [0.5, 0.6) is 5.75 Å². The first kappa shape index (κ1) is 32.2. The Morgan fingerprint density at radius 3 is 2.21 bits per heavy atom. The van der Waals surface area contributed by atoms with Crippen LogP contribution in [0.3, 0.4) is 0 Å². The standard InChI is InChI=1S/C31H42N4O7/c1-6-22-11-13-24(14-12-22)34-29(39)41-21-31(27(37)32-19-23-9-7-8-10-25(23)40-5)15-17-35(18-16-31)26(36)20-33-28(38)42-30(2,3)4/h7-14H,6,15-21H2,1-5H3,(H,32,37)(H,33,38)(H,34,39). The van der Waals surface area contributed by atoms with Crippen LogP contribution < -0.4 is 20.7 Å². The fourth-order valence-electron chi connectivity index (χ4n) is 4.59. The molecule has 0 bridgehead atoms. The number of carbonyl (C=O) groups is 4. The summed E-state index contributed by atoms with van der Waals surface area (Å²) in [6.07, 6.45) is 0.0641. The summed E-state index contributed by atoms with van der Waals surface area (Å²) in [7, 11) is 1.56. The summed E-state index contributed by atoms with van der Waals surface area (Å²) in [5.41, 5.74) is 0.798. The van der Waals surface area contributed by atoms with E-state index in [1.54, 1.807) is 44.9 Å². The molecular weight excluding hydrogens is 540 g/mol. The minimum Gasteiger partial charge on any atom is -0.496 e. The number of rotatable bonds is 10. The molecule has 3 rings (SSSR count). The Bertz CT molecular complexity index is 1230. The first-order valence-corrected chi connectivity index (χ1v) is 14.1. The number of nitrogens with zero attached hydrogens (tertiary/aromatic N) is 1. The second kappa shape index (κ2) is 14.6. The normalized spacial score (nSPS) is 14.4. The van der Waals surface area contributed by atoms with Gasteiger partial charge in [-0.15, -0.1) is 0 Å². The number of aryl methyl sites for hydroxylation is 1. The van der Waals surface area contributed by atoms with Gasteiger partial charge in [0.15, 0.2) is 0 Å². The first-order valence-electron chi connectivity index (χ1n) is 14.1. The quantitative estimate of drug-likeness (QED) is 0.381. The summed E-state index contributed by atoms with van der Waals surface area (Å²) in [4.78, 5) is 52.6. The number of alkyl carbamates (subject to hydrolysis) is 1. The van der Waals surface area contributed by atoms with Gasteiger partial charge < -0.3 is 29.7 Å². The Hall–Kier alpha value is -4.28. The van der Waals surface area contributed by atoms with E-state index in [0.29, 0.717) is 11.4 Å². The van der Waals surface area contributed by atoms with Gasteiger partial charge in [0.05, 0.1) is 12.5 Å². The molecule has 1 heterocycles. The van der Waals surface area contributed by atoms with Gasteiger partial charge in [0, 0.05) is 30.9 Å². The molecular formula is C31H42N4O7. The van der Waals surface area contributed by atoms with Crippen molar-refractivity contribution in [2.24, 2.45) is 5.41 Å². The van der Waals surface area contributed by atoms with Gasteiger partial charge in [-0.3, -0.25) is 14.9 Å². The van der Waals surface area contributed by atoms with Crippen LogP contribution in [0.15, 0.2) is 48.5 Å². The van der Waals surface area contributed by atoms with E-state index < -0.39 is 23.2 Å². The van der Waals surface area contributed by atoms with E-state index in [1.807, 2.05) is 43.3 Å². The van der Waals surface area contributed by atoms with Crippen molar-refractivity contribution < 1.29 is 33.4 Å². The summed E-state index contributed by atoms with van der Waals surface area (Å²) in [6, 6.07) is 14.8. The highest BCUT2D eigenvalue weighted by molar-refractivity contribution is 5.87. The number of carbonyl (C=O) groups excluding carboxylic acids is 4. The second-order valence-corrected chi connectivity index (χ2v) is 11.3. The van der Waals surface area contributed by atoms with Crippen LogP contribution in [0, 0.1) is 5.41 Å². The average Bonchev–Trinajstić information content (AvgIpc) is 2.97. The minimum absolute atomic E-state index is 0.165. The Morgan fingerprint density at radius 1 is 0.929 bits per heavy atom. The Kier molecular flexibility index (Phi) is 11.2. The monoisotopic (exact) mass is 582 g/mol. The number of amides is 4. The van der Waals surface area contributed by atoms with Crippen LogP contribution in [0.2, 0.25) is 0 Å². The van der Waals surface area contributed by atoms with Crippen molar-refractivity contribution in [2.45, 2.75) is 59.1 Å². The Morgan fingerprint density at radius 2 is 1.60 bits per heavy atom. The Labute approximate surface area is 247 Å². The molecule has 1 aliphatic rings. The maximum absolute atomic E-state index is 13.6. The SMILES string of the molecule is CCc1ccc(NC(=O)OCC2(C(=O)NCc3ccccc3OC)CCN(C(=O)CNC(=O)OC(C)(C)C)CC2)cc1. The van der Waals surface area contributed by atoms with Gasteiger partial charge in [0.2, 0.25) is 11.8 Å². The molecule has 1 saturated heterocycles. The van der Waals surface area contributed by atoms with E-state index >= 15 is 0 Å². The maximum Gasteiger partial charge on any atom is 0.411 e. The van der Waals surface area contributed by atoms with Gasteiger partial charge in [-0.1, -0.05) is 37.3 Å². The molecule has 0 aliphatic carbocycles. The lowest BCUT2D eigenvalue weighted by molar-refractivity contribution is -0.142. The molecule has 3 N–H and O–H groups in total. The summed E-state index contributed by atoms with van der Waals surface area (Å²) < 4.78 is 16.2. The first-order chi connectivity index (χ1) is 19.9. The third-order valence-corrected chi connectivity index (χ3v) is 7.06. The van der Waals surface area contributed by atoms with Crippen molar-refractivity contribution in [1.82, 2.24) is 15.5 Å². The number of anilines is 1. The summed E-state index contributed by atoms with van der Waals surface area (Å²) >= 11 is 0. The summed E-state index contributed by atoms with van der Waals surface area (Å²) in [5.74, 6) is 0.0695. The molecule has 4 amide bonds. The maximum atomic E-state index is 13.6. The highest BCUT2D eigenvalue weighted by Gasteiger charge is 2.43. The van der Waals surface area contributed by atoms with Crippen LogP contribution in [-0.2, 0) is 32.0 Å². The van der Waals surface area contributed by atoms with Gasteiger partial charge in [0.25, 0.3) is 0 Å². The van der Waals surface area contributed by atoms with Crippen molar-refractivity contribution in [3.8, 4) is 5.75 Å². The predicted octanol–water partition coefficient (Wildman–Crippen LogP) is 4.26. The van der Waals surface area contributed by atoms with Crippen molar-refractivity contribution in [1.29, 1.82) is 0 Å². The third kappa shape index (κ3) is 9.39. The zero-order valence-electron chi connectivity index (χ0n) is 25.1. The number of methoxy groups -OCH3 is 1. The molecule has 0 aromatic heterocycles. The largest absolute Gasteiger partial charge is 0.496 e. The lowest BCUT2D eigenvalue weighted by Gasteiger charge is -2.40. The summed E-state index contributed by atoms with van der Waals surface area (Å²) in [5, 5.41) is 8.15. The molecule has 11 nitrogen and oxygen atoms in total. The molecule has 2 aromatic rings. The molecule has 0 spiro atoms. The fourth-order valence-corrected chi connectivity index (χ4v) is 4.59. The van der Waals surface area contributed by atoms with Gasteiger partial charge >= 0.3 is 12.2 Å². The summed E-state index contributed by atoms with van der Waals surface area (Å²) in [6.45, 7) is 7.60. The number of piperidine rings is 1. The highest BCUT2D eigenvalue weighted by atomic mass is 16.6. The van der Waals surface area contributed by atoms with Crippen LogP contribution >= 0.6 is 0 Å².